The van der Waals surface area contributed by atoms with Crippen molar-refractivity contribution in [3.8, 4) is 0 Å². The van der Waals surface area contributed by atoms with Gasteiger partial charge in [0, 0.05) is 10.0 Å². The van der Waals surface area contributed by atoms with Crippen LogP contribution in [0.25, 0.3) is 0 Å². The molecule has 0 saturated carbocycles. The molecule has 9 heteroatoms. The first-order valence-corrected chi connectivity index (χ1v) is 8.39. The average Bonchev–Trinajstić information content (AvgIpc) is 3.06. The van der Waals surface area contributed by atoms with E-state index in [1.165, 1.54) is 0 Å². The summed E-state index contributed by atoms with van der Waals surface area (Å²) in [5.41, 5.74) is -0.445. The zero-order chi connectivity index (χ0) is 18.0. The molecule has 132 valence electrons. The lowest BCUT2D eigenvalue weighted by atomic mass is 10.2. The van der Waals surface area contributed by atoms with E-state index in [2.05, 4.69) is 26.2 Å². The van der Waals surface area contributed by atoms with E-state index in [-0.39, 0.29) is 12.7 Å². The van der Waals surface area contributed by atoms with Crippen LogP contribution in [0.15, 0.2) is 39.7 Å². The predicted octanol–water partition coefficient (Wildman–Crippen LogP) is 2.07. The summed E-state index contributed by atoms with van der Waals surface area (Å²) < 4.78 is 21.4. The molecule has 2 heterocycles. The minimum absolute atomic E-state index is 0.165. The van der Waals surface area contributed by atoms with Gasteiger partial charge in [-0.25, -0.2) is 9.18 Å². The van der Waals surface area contributed by atoms with Crippen LogP contribution in [0.1, 0.15) is 29.4 Å². The lowest BCUT2D eigenvalue weighted by Crippen LogP contribution is -2.30. The first-order valence-electron chi connectivity index (χ1n) is 7.60. The van der Waals surface area contributed by atoms with Crippen molar-refractivity contribution >= 4 is 27.7 Å². The van der Waals surface area contributed by atoms with E-state index in [1.54, 1.807) is 24.3 Å². The Morgan fingerprint density at radius 2 is 2.28 bits per heavy atom. The summed E-state index contributed by atoms with van der Waals surface area (Å²) in [6, 6.07) is 6.53. The van der Waals surface area contributed by atoms with Gasteiger partial charge in [-0.3, -0.25) is 9.36 Å². The van der Waals surface area contributed by atoms with Crippen LogP contribution in [-0.4, -0.2) is 33.3 Å². The number of hydrogen-bond donors (Lipinski definition) is 2. The van der Waals surface area contributed by atoms with E-state index in [9.17, 15) is 14.0 Å². The van der Waals surface area contributed by atoms with E-state index >= 15 is 0 Å². The highest BCUT2D eigenvalue weighted by atomic mass is 79.9. The van der Waals surface area contributed by atoms with Crippen molar-refractivity contribution in [3.63, 3.8) is 0 Å². The molecule has 0 spiro atoms. The number of halogens is 2. The molecule has 1 aliphatic heterocycles. The van der Waals surface area contributed by atoms with Gasteiger partial charge in [-0.15, -0.1) is 0 Å². The zero-order valence-corrected chi connectivity index (χ0v) is 14.6. The van der Waals surface area contributed by atoms with E-state index < -0.39 is 29.5 Å². The maximum absolute atomic E-state index is 14.3. The third kappa shape index (κ3) is 3.94. The normalized spacial score (nSPS) is 19.8. The first kappa shape index (κ1) is 17.7. The second-order valence-electron chi connectivity index (χ2n) is 5.56. The topological polar surface area (TPSA) is 93.5 Å². The third-order valence-electron chi connectivity index (χ3n) is 3.82. The number of aliphatic hydroxyl groups excluding tert-OH is 1. The molecule has 1 aromatic heterocycles. The predicted molar refractivity (Wildman–Crippen MR) is 90.8 cm³/mol. The van der Waals surface area contributed by atoms with Crippen LogP contribution in [0.4, 0.5) is 10.2 Å². The molecule has 0 radical (unpaired) electrons. The fourth-order valence-corrected chi connectivity index (χ4v) is 2.97. The highest BCUT2D eigenvalue weighted by molar-refractivity contribution is 9.10. The number of aliphatic hydroxyl groups is 1. The van der Waals surface area contributed by atoms with Crippen LogP contribution in [0.3, 0.4) is 0 Å². The second-order valence-corrected chi connectivity index (χ2v) is 6.48. The Morgan fingerprint density at radius 1 is 1.48 bits per heavy atom. The van der Waals surface area contributed by atoms with Crippen molar-refractivity contribution < 1.29 is 19.0 Å². The number of benzene rings is 1. The number of rotatable bonds is 4. The van der Waals surface area contributed by atoms with Gasteiger partial charge in [0.05, 0.1) is 18.9 Å². The molecule has 2 unspecified atom stereocenters. The van der Waals surface area contributed by atoms with Crippen LogP contribution < -0.4 is 11.0 Å². The summed E-state index contributed by atoms with van der Waals surface area (Å²) in [4.78, 5) is 27.9. The molecule has 7 nitrogen and oxygen atoms in total. The molecule has 2 aromatic rings. The zero-order valence-electron chi connectivity index (χ0n) is 13.0. The van der Waals surface area contributed by atoms with Gasteiger partial charge in [0.15, 0.2) is 11.6 Å². The van der Waals surface area contributed by atoms with Crippen molar-refractivity contribution in [1.82, 2.24) is 9.55 Å². The highest BCUT2D eigenvalue weighted by Gasteiger charge is 2.27. The van der Waals surface area contributed by atoms with E-state index in [1.807, 2.05) is 0 Å². The maximum atomic E-state index is 14.3. The number of amides is 1. The second kappa shape index (κ2) is 7.42. The molecular formula is C16H15BrFN3O4. The summed E-state index contributed by atoms with van der Waals surface area (Å²) in [6.45, 7) is -0.165. The van der Waals surface area contributed by atoms with Gasteiger partial charge in [-0.05, 0) is 31.0 Å². The molecule has 2 N–H and O–H groups in total. The molecule has 0 aliphatic carbocycles. The van der Waals surface area contributed by atoms with Crippen molar-refractivity contribution in [2.75, 3.05) is 11.9 Å². The molecule has 2 atom stereocenters. The van der Waals surface area contributed by atoms with Crippen molar-refractivity contribution in [3.05, 3.63) is 56.8 Å². The van der Waals surface area contributed by atoms with Gasteiger partial charge < -0.3 is 15.2 Å². The summed E-state index contributed by atoms with van der Waals surface area (Å²) in [5.74, 6) is -1.87. The Morgan fingerprint density at radius 3 is 2.96 bits per heavy atom. The van der Waals surface area contributed by atoms with Gasteiger partial charge in [0.2, 0.25) is 0 Å². The molecule has 1 aliphatic rings. The summed E-state index contributed by atoms with van der Waals surface area (Å²) in [6.07, 6.45) is 0.931. The van der Waals surface area contributed by atoms with E-state index in [0.29, 0.717) is 22.9 Å². The molecule has 1 fully saturated rings. The summed E-state index contributed by atoms with van der Waals surface area (Å²) >= 11 is 3.25. The fourth-order valence-electron chi connectivity index (χ4n) is 2.57. The van der Waals surface area contributed by atoms with E-state index in [4.69, 9.17) is 9.84 Å². The van der Waals surface area contributed by atoms with Gasteiger partial charge >= 0.3 is 5.69 Å². The molecule has 1 saturated heterocycles. The van der Waals surface area contributed by atoms with Crippen molar-refractivity contribution in [1.29, 1.82) is 0 Å². The Bertz CT molecular complexity index is 858. The summed E-state index contributed by atoms with van der Waals surface area (Å²) in [7, 11) is 0. The largest absolute Gasteiger partial charge is 0.394 e. The van der Waals surface area contributed by atoms with Gasteiger partial charge in [-0.1, -0.05) is 22.0 Å². The number of ether oxygens (including phenoxy) is 1. The number of aromatic nitrogens is 2. The number of carbonyl (C=O) groups excluding carboxylic acids is 1. The van der Waals surface area contributed by atoms with Crippen LogP contribution in [0, 0.1) is 5.82 Å². The minimum atomic E-state index is -0.848. The highest BCUT2D eigenvalue weighted by Crippen LogP contribution is 2.27. The maximum Gasteiger partial charge on any atom is 0.351 e. The van der Waals surface area contributed by atoms with Crippen LogP contribution in [-0.2, 0) is 4.74 Å². The number of hydrogen-bond acceptors (Lipinski definition) is 5. The fraction of sp³-hybridized carbons (Fsp3) is 0.312. The summed E-state index contributed by atoms with van der Waals surface area (Å²) in [5, 5.41) is 11.4. The Kier molecular flexibility index (Phi) is 5.26. The molecule has 0 bridgehead atoms. The third-order valence-corrected chi connectivity index (χ3v) is 4.32. The molecular weight excluding hydrogens is 397 g/mol. The smallest absolute Gasteiger partial charge is 0.351 e. The Labute approximate surface area is 150 Å². The minimum Gasteiger partial charge on any atom is -0.394 e. The van der Waals surface area contributed by atoms with Gasteiger partial charge in [-0.2, -0.15) is 4.98 Å². The Hall–Kier alpha value is -2.10. The standard InChI is InChI=1S/C16H15BrFN3O4/c17-10-3-1-2-9(6-10)15(23)19-14-12(18)7-21(16(24)20-14)13-5-4-11(8-22)25-13/h1-3,6-7,11,13,22H,4-5,8H2,(H,19,20,23,24). The average molecular weight is 412 g/mol. The van der Waals surface area contributed by atoms with Crippen molar-refractivity contribution in [2.24, 2.45) is 0 Å². The van der Waals surface area contributed by atoms with E-state index in [0.717, 1.165) is 10.8 Å². The monoisotopic (exact) mass is 411 g/mol. The molecule has 25 heavy (non-hydrogen) atoms. The van der Waals surface area contributed by atoms with Gasteiger partial charge in [0.25, 0.3) is 5.91 Å². The quantitative estimate of drug-likeness (QED) is 0.802. The molecule has 1 amide bonds. The molecule has 1 aromatic carbocycles. The van der Waals surface area contributed by atoms with Crippen molar-refractivity contribution in [2.45, 2.75) is 25.2 Å². The van der Waals surface area contributed by atoms with Gasteiger partial charge in [0.1, 0.15) is 6.23 Å². The first-order chi connectivity index (χ1) is 12.0. The number of nitrogens with one attached hydrogen (secondary N) is 1. The number of carbonyl (C=O) groups is 1. The molecule has 3 rings (SSSR count). The lowest BCUT2D eigenvalue weighted by molar-refractivity contribution is -0.0249. The SMILES string of the molecule is O=C(Nc1nc(=O)n(C2CCC(CO)O2)cc1F)c1cccc(Br)c1. The van der Waals surface area contributed by atoms with Crippen LogP contribution >= 0.6 is 15.9 Å². The van der Waals surface area contributed by atoms with Crippen LogP contribution in [0.5, 0.6) is 0 Å². The Balaban J connectivity index is 1.81. The van der Waals surface area contributed by atoms with Crippen LogP contribution in [0.2, 0.25) is 0 Å². The number of nitrogens with zero attached hydrogens (tertiary/aromatic N) is 2. The number of anilines is 1. The lowest BCUT2D eigenvalue weighted by Gasteiger charge is -2.15.